The summed E-state index contributed by atoms with van der Waals surface area (Å²) in [5.74, 6) is 0.139. The Labute approximate surface area is 67.5 Å². The first-order chi connectivity index (χ1) is 5.20. The minimum absolute atomic E-state index is 0.139. The monoisotopic (exact) mass is 151 g/mol. The van der Waals surface area contributed by atoms with Gasteiger partial charge in [0.2, 0.25) is 0 Å². The predicted molar refractivity (Wildman–Crippen MR) is 43.9 cm³/mol. The molecule has 0 bridgehead atoms. The van der Waals surface area contributed by atoms with Crippen LogP contribution in [0.2, 0.25) is 0 Å². The van der Waals surface area contributed by atoms with Crippen molar-refractivity contribution in [2.75, 3.05) is 0 Å². The lowest BCUT2D eigenvalue weighted by molar-refractivity contribution is -0.114. The van der Waals surface area contributed by atoms with E-state index in [9.17, 15) is 4.79 Å². The van der Waals surface area contributed by atoms with Gasteiger partial charge in [0, 0.05) is 12.8 Å². The van der Waals surface area contributed by atoms with Crippen LogP contribution in [-0.4, -0.2) is 5.78 Å². The Morgan fingerprint density at radius 3 is 2.73 bits per heavy atom. The third kappa shape index (κ3) is 5.35. The summed E-state index contributed by atoms with van der Waals surface area (Å²) in [6.45, 7) is 3.71. The highest BCUT2D eigenvalue weighted by Crippen LogP contribution is 2.03. The topological polar surface area (TPSA) is 40.9 Å². The summed E-state index contributed by atoms with van der Waals surface area (Å²) in [7, 11) is 0. The lowest BCUT2D eigenvalue weighted by atomic mass is 10.1. The van der Waals surface area contributed by atoms with Crippen molar-refractivity contribution in [3.05, 3.63) is 11.6 Å². The maximum Gasteiger partial charge on any atom is 0.155 e. The van der Waals surface area contributed by atoms with Crippen molar-refractivity contribution in [3.63, 3.8) is 0 Å². The Morgan fingerprint density at radius 1 is 1.64 bits per heavy atom. The van der Waals surface area contributed by atoms with Gasteiger partial charge in [-0.25, -0.2) is 0 Å². The van der Waals surface area contributed by atoms with E-state index in [1.54, 1.807) is 6.08 Å². The summed E-state index contributed by atoms with van der Waals surface area (Å²) in [5.41, 5.74) is 0.999. The van der Waals surface area contributed by atoms with E-state index in [0.29, 0.717) is 19.3 Å². The van der Waals surface area contributed by atoms with Crippen LogP contribution in [0.3, 0.4) is 0 Å². The van der Waals surface area contributed by atoms with Crippen LogP contribution >= 0.6 is 0 Å². The highest BCUT2D eigenvalue weighted by molar-refractivity contribution is 5.89. The molecule has 0 spiro atoms. The minimum Gasteiger partial charge on any atom is -0.295 e. The number of ketones is 1. The van der Waals surface area contributed by atoms with Gasteiger partial charge in [-0.3, -0.25) is 4.79 Å². The number of nitriles is 1. The molecule has 0 N–H and O–H groups in total. The van der Waals surface area contributed by atoms with Crippen molar-refractivity contribution in [1.82, 2.24) is 0 Å². The van der Waals surface area contributed by atoms with Crippen LogP contribution in [-0.2, 0) is 4.79 Å². The summed E-state index contributed by atoms with van der Waals surface area (Å²) in [6.07, 6.45) is 3.38. The second kappa shape index (κ2) is 5.67. The van der Waals surface area contributed by atoms with Gasteiger partial charge in [0.15, 0.2) is 5.78 Å². The molecule has 0 saturated carbocycles. The predicted octanol–water partition coefficient (Wildman–Crippen LogP) is 2.22. The Hall–Kier alpha value is -1.10. The van der Waals surface area contributed by atoms with Gasteiger partial charge >= 0.3 is 0 Å². The Morgan fingerprint density at radius 2 is 2.27 bits per heavy atom. The first kappa shape index (κ1) is 9.90. The van der Waals surface area contributed by atoms with E-state index >= 15 is 0 Å². The zero-order valence-electron chi connectivity index (χ0n) is 7.05. The smallest absolute Gasteiger partial charge is 0.155 e. The normalized spacial score (nSPS) is 10.8. The molecule has 0 saturated heterocycles. The number of allylic oxidation sites excluding steroid dienone is 2. The van der Waals surface area contributed by atoms with Crippen molar-refractivity contribution < 1.29 is 4.79 Å². The zero-order chi connectivity index (χ0) is 8.69. The summed E-state index contributed by atoms with van der Waals surface area (Å²) in [4.78, 5) is 10.8. The van der Waals surface area contributed by atoms with Crippen molar-refractivity contribution in [1.29, 1.82) is 5.26 Å². The molecule has 60 valence electrons. The quantitative estimate of drug-likeness (QED) is 0.578. The van der Waals surface area contributed by atoms with E-state index in [1.807, 2.05) is 19.9 Å². The number of nitrogens with zero attached hydrogens (tertiary/aromatic N) is 1. The number of hydrogen-bond acceptors (Lipinski definition) is 2. The van der Waals surface area contributed by atoms with Crippen LogP contribution in [0.1, 0.15) is 33.1 Å². The van der Waals surface area contributed by atoms with Gasteiger partial charge in [0.05, 0.1) is 6.07 Å². The van der Waals surface area contributed by atoms with Crippen LogP contribution < -0.4 is 0 Å². The second-order valence-electron chi connectivity index (χ2n) is 2.47. The molecule has 0 radical (unpaired) electrons. The standard InChI is InChI=1S/C9H13NO/c1-3-9(11)7-8(2)5-4-6-10/h7H,3-5H2,1-2H3/b8-7+. The average Bonchev–Trinajstić information content (AvgIpc) is 2.00. The SMILES string of the molecule is CCC(=O)/C=C(\C)CCC#N. The fourth-order valence-corrected chi connectivity index (χ4v) is 0.702. The van der Waals surface area contributed by atoms with Gasteiger partial charge in [-0.2, -0.15) is 5.26 Å². The van der Waals surface area contributed by atoms with Crippen molar-refractivity contribution in [2.45, 2.75) is 33.1 Å². The Kier molecular flexibility index (Phi) is 5.10. The van der Waals surface area contributed by atoms with Crippen LogP contribution in [0.5, 0.6) is 0 Å². The maximum atomic E-state index is 10.8. The van der Waals surface area contributed by atoms with Gasteiger partial charge < -0.3 is 0 Å². The third-order valence-electron chi connectivity index (χ3n) is 1.39. The van der Waals surface area contributed by atoms with Gasteiger partial charge in [0.25, 0.3) is 0 Å². The lowest BCUT2D eigenvalue weighted by Gasteiger charge is -1.93. The molecule has 0 amide bonds. The van der Waals surface area contributed by atoms with E-state index in [0.717, 1.165) is 5.57 Å². The lowest BCUT2D eigenvalue weighted by Crippen LogP contribution is -1.90. The van der Waals surface area contributed by atoms with E-state index in [1.165, 1.54) is 0 Å². The van der Waals surface area contributed by atoms with Crippen LogP contribution in [0.15, 0.2) is 11.6 Å². The van der Waals surface area contributed by atoms with Crippen molar-refractivity contribution in [2.24, 2.45) is 0 Å². The summed E-state index contributed by atoms with van der Waals surface area (Å²) < 4.78 is 0. The van der Waals surface area contributed by atoms with E-state index in [-0.39, 0.29) is 5.78 Å². The first-order valence-corrected chi connectivity index (χ1v) is 3.77. The van der Waals surface area contributed by atoms with E-state index in [2.05, 4.69) is 0 Å². The molecule has 0 heterocycles. The van der Waals surface area contributed by atoms with Crippen LogP contribution in [0.4, 0.5) is 0 Å². The minimum atomic E-state index is 0.139. The summed E-state index contributed by atoms with van der Waals surface area (Å²) in [5, 5.41) is 8.24. The van der Waals surface area contributed by atoms with Gasteiger partial charge in [0.1, 0.15) is 0 Å². The fraction of sp³-hybridized carbons (Fsp3) is 0.556. The van der Waals surface area contributed by atoms with Crippen LogP contribution in [0.25, 0.3) is 0 Å². The largest absolute Gasteiger partial charge is 0.295 e. The molecule has 2 heteroatoms. The molecule has 0 rings (SSSR count). The Bertz CT molecular complexity index is 198. The number of hydrogen-bond donors (Lipinski definition) is 0. The number of carbonyl (C=O) groups excluding carboxylic acids is 1. The molecule has 11 heavy (non-hydrogen) atoms. The number of rotatable bonds is 4. The van der Waals surface area contributed by atoms with Crippen molar-refractivity contribution in [3.8, 4) is 6.07 Å². The van der Waals surface area contributed by atoms with E-state index in [4.69, 9.17) is 5.26 Å². The first-order valence-electron chi connectivity index (χ1n) is 3.77. The second-order valence-corrected chi connectivity index (χ2v) is 2.47. The highest BCUT2D eigenvalue weighted by Gasteiger charge is 1.94. The molecule has 2 nitrogen and oxygen atoms in total. The molecule has 0 aliphatic rings. The maximum absolute atomic E-state index is 10.8. The Balaban J connectivity index is 3.82. The average molecular weight is 151 g/mol. The molecular formula is C9H13NO. The molecule has 0 atom stereocenters. The van der Waals surface area contributed by atoms with Crippen molar-refractivity contribution >= 4 is 5.78 Å². The van der Waals surface area contributed by atoms with Gasteiger partial charge in [-0.05, 0) is 19.4 Å². The molecule has 0 aromatic heterocycles. The fourth-order valence-electron chi connectivity index (χ4n) is 0.702. The zero-order valence-corrected chi connectivity index (χ0v) is 7.05. The van der Waals surface area contributed by atoms with Gasteiger partial charge in [-0.15, -0.1) is 0 Å². The molecular weight excluding hydrogens is 138 g/mol. The molecule has 0 unspecified atom stereocenters. The summed E-state index contributed by atoms with van der Waals surface area (Å²) in [6, 6.07) is 2.04. The molecule has 0 aromatic carbocycles. The van der Waals surface area contributed by atoms with Gasteiger partial charge in [-0.1, -0.05) is 12.5 Å². The molecule has 0 fully saturated rings. The van der Waals surface area contributed by atoms with Crippen LogP contribution in [0, 0.1) is 11.3 Å². The van der Waals surface area contributed by atoms with E-state index < -0.39 is 0 Å². The molecule has 0 aromatic rings. The number of carbonyl (C=O) groups is 1. The third-order valence-corrected chi connectivity index (χ3v) is 1.39. The highest BCUT2D eigenvalue weighted by atomic mass is 16.1. The molecule has 0 aliphatic heterocycles. The molecule has 0 aliphatic carbocycles. The summed E-state index contributed by atoms with van der Waals surface area (Å²) >= 11 is 0.